The largest absolute Gasteiger partial charge is 0.495 e. The summed E-state index contributed by atoms with van der Waals surface area (Å²) in [5.41, 5.74) is 0.518. The van der Waals surface area contributed by atoms with Crippen molar-refractivity contribution < 1.29 is 14.3 Å². The molecule has 0 saturated carbocycles. The summed E-state index contributed by atoms with van der Waals surface area (Å²) in [6, 6.07) is 4.99. The monoisotopic (exact) mass is 311 g/mol. The van der Waals surface area contributed by atoms with Crippen molar-refractivity contribution in [2.45, 2.75) is 6.42 Å². The Balaban J connectivity index is 1.78. The van der Waals surface area contributed by atoms with Gasteiger partial charge in [0.1, 0.15) is 5.75 Å². The van der Waals surface area contributed by atoms with Gasteiger partial charge < -0.3 is 20.7 Å². The predicted molar refractivity (Wildman–Crippen MR) is 80.6 cm³/mol. The summed E-state index contributed by atoms with van der Waals surface area (Å²) < 4.78 is 5.15. The van der Waals surface area contributed by atoms with Gasteiger partial charge in [0.15, 0.2) is 0 Å². The summed E-state index contributed by atoms with van der Waals surface area (Å²) in [6.45, 7) is 1.72. The Bertz CT molecular complexity index is 532. The van der Waals surface area contributed by atoms with E-state index in [4.69, 9.17) is 16.3 Å². The van der Waals surface area contributed by atoms with Crippen LogP contribution in [0, 0.1) is 5.92 Å². The van der Waals surface area contributed by atoms with E-state index >= 15 is 0 Å². The number of hydrogen-bond donors (Lipinski definition) is 3. The Kier molecular flexibility index (Phi) is 5.41. The molecule has 1 fully saturated rings. The molecular weight excluding hydrogens is 294 g/mol. The Labute approximate surface area is 128 Å². The Morgan fingerprint density at radius 3 is 2.81 bits per heavy atom. The van der Waals surface area contributed by atoms with Gasteiger partial charge in [-0.3, -0.25) is 9.59 Å². The number of amides is 2. The summed E-state index contributed by atoms with van der Waals surface area (Å²) in [7, 11) is 1.52. The zero-order valence-corrected chi connectivity index (χ0v) is 12.5. The van der Waals surface area contributed by atoms with Gasteiger partial charge in [0.25, 0.3) is 0 Å². The Morgan fingerprint density at radius 2 is 2.19 bits per heavy atom. The van der Waals surface area contributed by atoms with Crippen molar-refractivity contribution in [3.8, 4) is 5.75 Å². The summed E-state index contributed by atoms with van der Waals surface area (Å²) in [6.07, 6.45) is 0.196. The van der Waals surface area contributed by atoms with E-state index in [9.17, 15) is 9.59 Å². The first kappa shape index (κ1) is 15.6. The van der Waals surface area contributed by atoms with Crippen molar-refractivity contribution >= 4 is 29.1 Å². The smallest absolute Gasteiger partial charge is 0.226 e. The van der Waals surface area contributed by atoms with Gasteiger partial charge in [0.2, 0.25) is 11.8 Å². The van der Waals surface area contributed by atoms with E-state index in [2.05, 4.69) is 16.0 Å². The first-order valence-corrected chi connectivity index (χ1v) is 7.09. The third-order valence-electron chi connectivity index (χ3n) is 3.24. The van der Waals surface area contributed by atoms with Crippen LogP contribution in [0.1, 0.15) is 6.42 Å². The molecule has 0 spiro atoms. The molecule has 21 heavy (non-hydrogen) atoms. The maximum Gasteiger partial charge on any atom is 0.226 e. The fourth-order valence-corrected chi connectivity index (χ4v) is 2.08. The second kappa shape index (κ2) is 7.28. The molecular formula is C14H18ClN3O3. The summed E-state index contributed by atoms with van der Waals surface area (Å²) >= 11 is 5.89. The number of benzene rings is 1. The normalized spacial score (nSPS) is 14.2. The average molecular weight is 312 g/mol. The van der Waals surface area contributed by atoms with Crippen molar-refractivity contribution in [2.75, 3.05) is 32.1 Å². The molecule has 0 radical (unpaired) electrons. The van der Waals surface area contributed by atoms with Gasteiger partial charge in [-0.15, -0.1) is 0 Å². The van der Waals surface area contributed by atoms with Gasteiger partial charge in [-0.05, 0) is 18.2 Å². The molecule has 7 heteroatoms. The van der Waals surface area contributed by atoms with Crippen LogP contribution in [-0.4, -0.2) is 38.6 Å². The van der Waals surface area contributed by atoms with Crippen LogP contribution in [0.25, 0.3) is 0 Å². The fraction of sp³-hybridized carbons (Fsp3) is 0.429. The van der Waals surface area contributed by atoms with Crippen LogP contribution in [0.15, 0.2) is 18.2 Å². The molecule has 1 heterocycles. The second-order valence-corrected chi connectivity index (χ2v) is 5.23. The van der Waals surface area contributed by atoms with E-state index in [1.54, 1.807) is 18.2 Å². The lowest BCUT2D eigenvalue weighted by Gasteiger charge is -2.25. The zero-order chi connectivity index (χ0) is 15.2. The minimum atomic E-state index is -0.206. The van der Waals surface area contributed by atoms with E-state index in [1.807, 2.05) is 0 Å². The topological polar surface area (TPSA) is 79.5 Å². The number of hydrogen-bond acceptors (Lipinski definition) is 4. The van der Waals surface area contributed by atoms with Gasteiger partial charge in [-0.1, -0.05) is 11.6 Å². The fourth-order valence-electron chi connectivity index (χ4n) is 1.91. The molecule has 2 rings (SSSR count). The number of halogens is 1. The molecule has 1 aromatic carbocycles. The van der Waals surface area contributed by atoms with E-state index in [1.165, 1.54) is 7.11 Å². The van der Waals surface area contributed by atoms with Crippen LogP contribution in [0.4, 0.5) is 5.69 Å². The number of nitrogens with one attached hydrogen (secondary N) is 3. The molecule has 0 atom stereocenters. The third kappa shape index (κ3) is 4.34. The first-order chi connectivity index (χ1) is 10.1. The number of ether oxygens (including phenoxy) is 1. The van der Waals surface area contributed by atoms with Crippen LogP contribution in [0.5, 0.6) is 5.75 Å². The number of rotatable bonds is 6. The van der Waals surface area contributed by atoms with Gasteiger partial charge in [-0.2, -0.15) is 0 Å². The molecule has 3 N–H and O–H groups in total. The van der Waals surface area contributed by atoms with Crippen molar-refractivity contribution in [3.05, 3.63) is 23.2 Å². The Hall–Kier alpha value is -1.79. The van der Waals surface area contributed by atoms with Crippen LogP contribution < -0.4 is 20.7 Å². The van der Waals surface area contributed by atoms with Crippen molar-refractivity contribution in [1.82, 2.24) is 10.6 Å². The number of methoxy groups -OCH3 is 1. The van der Waals surface area contributed by atoms with Gasteiger partial charge in [-0.25, -0.2) is 0 Å². The molecule has 114 valence electrons. The third-order valence-corrected chi connectivity index (χ3v) is 3.47. The van der Waals surface area contributed by atoms with Crippen molar-refractivity contribution in [3.63, 3.8) is 0 Å². The highest BCUT2D eigenvalue weighted by molar-refractivity contribution is 6.31. The molecule has 0 aromatic heterocycles. The SMILES string of the molecule is COc1ccc(Cl)cc1NC(=O)CCNC(=O)C1CNC1. The number of carbonyl (C=O) groups excluding carboxylic acids is 2. The molecule has 0 aliphatic carbocycles. The number of anilines is 1. The minimum Gasteiger partial charge on any atom is -0.495 e. The highest BCUT2D eigenvalue weighted by atomic mass is 35.5. The quantitative estimate of drug-likeness (QED) is 0.732. The van der Waals surface area contributed by atoms with E-state index in [-0.39, 0.29) is 24.2 Å². The highest BCUT2D eigenvalue weighted by Gasteiger charge is 2.24. The van der Waals surface area contributed by atoms with Crippen molar-refractivity contribution in [1.29, 1.82) is 0 Å². The van der Waals surface area contributed by atoms with Gasteiger partial charge in [0.05, 0.1) is 18.7 Å². The molecule has 1 aliphatic rings. The molecule has 1 aliphatic heterocycles. The molecule has 6 nitrogen and oxygen atoms in total. The second-order valence-electron chi connectivity index (χ2n) is 4.79. The molecule has 0 unspecified atom stereocenters. The molecule has 0 bridgehead atoms. The van der Waals surface area contributed by atoms with E-state index in [0.717, 1.165) is 0 Å². The Morgan fingerprint density at radius 1 is 1.43 bits per heavy atom. The summed E-state index contributed by atoms with van der Waals surface area (Å²) in [5, 5.41) is 9.00. The molecule has 2 amide bonds. The standard InChI is InChI=1S/C14H18ClN3O3/c1-21-12-3-2-10(15)6-11(12)18-13(19)4-5-17-14(20)9-7-16-8-9/h2-3,6,9,16H,4-5,7-8H2,1H3,(H,17,20)(H,18,19). The first-order valence-electron chi connectivity index (χ1n) is 6.72. The van der Waals surface area contributed by atoms with E-state index < -0.39 is 0 Å². The van der Waals surface area contributed by atoms with Crippen LogP contribution in [-0.2, 0) is 9.59 Å². The summed E-state index contributed by atoms with van der Waals surface area (Å²) in [4.78, 5) is 23.4. The lowest BCUT2D eigenvalue weighted by Crippen LogP contribution is -2.51. The lowest BCUT2D eigenvalue weighted by molar-refractivity contribution is -0.126. The summed E-state index contributed by atoms with van der Waals surface area (Å²) in [5.74, 6) is 0.350. The van der Waals surface area contributed by atoms with Gasteiger partial charge in [0, 0.05) is 31.1 Å². The zero-order valence-electron chi connectivity index (χ0n) is 11.7. The maximum atomic E-state index is 11.9. The van der Waals surface area contributed by atoms with Crippen LogP contribution >= 0.6 is 11.6 Å². The van der Waals surface area contributed by atoms with Crippen molar-refractivity contribution in [2.24, 2.45) is 5.92 Å². The minimum absolute atomic E-state index is 0.0121. The number of carbonyl (C=O) groups is 2. The highest BCUT2D eigenvalue weighted by Crippen LogP contribution is 2.27. The van der Waals surface area contributed by atoms with Crippen LogP contribution in [0.2, 0.25) is 5.02 Å². The molecule has 1 aromatic rings. The lowest BCUT2D eigenvalue weighted by atomic mass is 10.0. The van der Waals surface area contributed by atoms with Crippen LogP contribution in [0.3, 0.4) is 0 Å². The molecule has 1 saturated heterocycles. The predicted octanol–water partition coefficient (Wildman–Crippen LogP) is 1.01. The van der Waals surface area contributed by atoms with E-state index in [0.29, 0.717) is 36.1 Å². The average Bonchev–Trinajstić information content (AvgIpc) is 2.36. The van der Waals surface area contributed by atoms with Gasteiger partial charge >= 0.3 is 0 Å². The maximum absolute atomic E-state index is 11.9.